The predicted octanol–water partition coefficient (Wildman–Crippen LogP) is 4.37. The first-order chi connectivity index (χ1) is 17.1. The lowest BCUT2D eigenvalue weighted by molar-refractivity contribution is -0.137. The normalized spacial score (nSPS) is 20.8. The fraction of sp³-hybridized carbons (Fsp3) is 0.423. The maximum atomic E-state index is 13.5. The maximum absolute atomic E-state index is 13.5. The molecule has 7 nitrogen and oxygen atoms in total. The molecule has 0 bridgehead atoms. The van der Waals surface area contributed by atoms with Gasteiger partial charge in [-0.1, -0.05) is 12.1 Å². The van der Waals surface area contributed by atoms with Gasteiger partial charge >= 0.3 is 12.2 Å². The number of nitrogens with two attached hydrogens (primary N) is 1. The first-order valence-corrected chi connectivity index (χ1v) is 11.8. The molecule has 2 atom stereocenters. The van der Waals surface area contributed by atoms with E-state index in [1.807, 2.05) is 31.2 Å². The molecule has 2 aromatic rings. The smallest absolute Gasteiger partial charge is 0.370 e. The molecule has 3 N–H and O–H groups in total. The Morgan fingerprint density at radius 3 is 2.44 bits per heavy atom. The summed E-state index contributed by atoms with van der Waals surface area (Å²) in [6.07, 6.45) is -3.31. The monoisotopic (exact) mass is 499 g/mol. The first kappa shape index (κ1) is 25.4. The first-order valence-electron chi connectivity index (χ1n) is 11.8. The third kappa shape index (κ3) is 5.40. The van der Waals surface area contributed by atoms with Crippen LogP contribution in [0.4, 0.5) is 29.3 Å². The average Bonchev–Trinajstić information content (AvgIpc) is 3.29. The number of likely N-dealkylation sites (tertiary alicyclic amines) is 1. The zero-order chi connectivity index (χ0) is 26.0. The molecular weight excluding hydrogens is 471 g/mol. The van der Waals surface area contributed by atoms with Crippen LogP contribution in [0.3, 0.4) is 0 Å². The number of aryl methyl sites for hydroxylation is 1. The van der Waals surface area contributed by atoms with Gasteiger partial charge in [0.2, 0.25) is 5.91 Å². The van der Waals surface area contributed by atoms with Crippen LogP contribution < -0.4 is 16.0 Å². The number of nitrogens with one attached hydrogen (secondary N) is 1. The molecule has 2 heterocycles. The van der Waals surface area contributed by atoms with E-state index in [4.69, 9.17) is 11.0 Å². The van der Waals surface area contributed by atoms with Crippen molar-refractivity contribution in [3.63, 3.8) is 0 Å². The van der Waals surface area contributed by atoms with Gasteiger partial charge in [-0.25, -0.2) is 4.79 Å². The van der Waals surface area contributed by atoms with E-state index in [-0.39, 0.29) is 24.4 Å². The van der Waals surface area contributed by atoms with Gasteiger partial charge in [-0.05, 0) is 67.5 Å². The van der Waals surface area contributed by atoms with Crippen LogP contribution in [0.1, 0.15) is 29.5 Å². The minimum atomic E-state index is -4.66. The number of urea groups is 1. The average molecular weight is 500 g/mol. The summed E-state index contributed by atoms with van der Waals surface area (Å²) in [5.74, 6) is -1.01. The highest BCUT2D eigenvalue weighted by Gasteiger charge is 2.43. The van der Waals surface area contributed by atoms with E-state index in [0.717, 1.165) is 23.4 Å². The number of hydrogen-bond acceptors (Lipinski definition) is 4. The fourth-order valence-corrected chi connectivity index (χ4v) is 5.34. The Morgan fingerprint density at radius 1 is 1.11 bits per heavy atom. The number of amides is 3. The van der Waals surface area contributed by atoms with Crippen LogP contribution >= 0.6 is 0 Å². The van der Waals surface area contributed by atoms with E-state index in [1.54, 1.807) is 15.9 Å². The highest BCUT2D eigenvalue weighted by atomic mass is 19.4. The maximum Gasteiger partial charge on any atom is 0.417 e. The molecule has 2 saturated heterocycles. The number of primary amides is 1. The Balaban J connectivity index is 1.43. The molecule has 0 aromatic heterocycles. The third-order valence-electron chi connectivity index (χ3n) is 7.23. The Labute approximate surface area is 207 Å². The van der Waals surface area contributed by atoms with Gasteiger partial charge in [0.15, 0.2) is 0 Å². The lowest BCUT2D eigenvalue weighted by Gasteiger charge is -2.36. The van der Waals surface area contributed by atoms with Crippen LogP contribution in [0.25, 0.3) is 0 Å². The highest BCUT2D eigenvalue weighted by molar-refractivity contribution is 5.89. The van der Waals surface area contributed by atoms with Crippen molar-refractivity contribution in [2.75, 3.05) is 36.4 Å². The van der Waals surface area contributed by atoms with Gasteiger partial charge in [-0.3, -0.25) is 4.79 Å². The summed E-state index contributed by atoms with van der Waals surface area (Å²) in [5.41, 5.74) is 6.34. The molecule has 0 radical (unpaired) electrons. The van der Waals surface area contributed by atoms with Crippen molar-refractivity contribution in [3.05, 3.63) is 59.2 Å². The summed E-state index contributed by atoms with van der Waals surface area (Å²) < 4.78 is 40.4. The van der Waals surface area contributed by atoms with Crippen molar-refractivity contribution in [1.29, 1.82) is 5.26 Å². The van der Waals surface area contributed by atoms with Crippen LogP contribution in [0.15, 0.2) is 42.5 Å². The molecule has 10 heteroatoms. The van der Waals surface area contributed by atoms with Crippen molar-refractivity contribution < 1.29 is 22.8 Å². The largest absolute Gasteiger partial charge is 0.417 e. The molecule has 0 aliphatic carbocycles. The Bertz CT molecular complexity index is 1180. The van der Waals surface area contributed by atoms with E-state index in [0.29, 0.717) is 38.2 Å². The van der Waals surface area contributed by atoms with Gasteiger partial charge in [0.05, 0.1) is 23.1 Å². The second-order valence-electron chi connectivity index (χ2n) is 9.54. The van der Waals surface area contributed by atoms with E-state index >= 15 is 0 Å². The summed E-state index contributed by atoms with van der Waals surface area (Å²) in [6.45, 7) is 3.58. The zero-order valence-electron chi connectivity index (χ0n) is 19.9. The fourth-order valence-electron chi connectivity index (χ4n) is 5.34. The predicted molar refractivity (Wildman–Crippen MR) is 129 cm³/mol. The van der Waals surface area contributed by atoms with Crippen LogP contribution in [0.5, 0.6) is 0 Å². The van der Waals surface area contributed by atoms with Gasteiger partial charge in [-0.2, -0.15) is 18.4 Å². The number of benzene rings is 2. The number of carbonyl (C=O) groups excluding carboxylic acids is 2. The van der Waals surface area contributed by atoms with Crippen LogP contribution in [-0.2, 0) is 11.0 Å². The van der Waals surface area contributed by atoms with E-state index < -0.39 is 29.1 Å². The highest BCUT2D eigenvalue weighted by Crippen LogP contribution is 2.40. The lowest BCUT2D eigenvalue weighted by Crippen LogP contribution is -2.44. The summed E-state index contributed by atoms with van der Waals surface area (Å²) in [4.78, 5) is 28.4. The van der Waals surface area contributed by atoms with E-state index in [2.05, 4.69) is 5.32 Å². The summed E-state index contributed by atoms with van der Waals surface area (Å²) in [5, 5.41) is 12.0. The molecule has 2 fully saturated rings. The molecule has 3 amide bonds. The summed E-state index contributed by atoms with van der Waals surface area (Å²) in [6, 6.07) is 12.6. The minimum absolute atomic E-state index is 0.107. The molecule has 2 aromatic carbocycles. The van der Waals surface area contributed by atoms with E-state index in [9.17, 15) is 22.8 Å². The van der Waals surface area contributed by atoms with Crippen LogP contribution in [0.2, 0.25) is 0 Å². The van der Waals surface area contributed by atoms with Gasteiger partial charge < -0.3 is 20.9 Å². The van der Waals surface area contributed by atoms with Crippen molar-refractivity contribution in [2.24, 2.45) is 23.5 Å². The molecule has 36 heavy (non-hydrogen) atoms. The number of nitriles is 1. The molecule has 4 rings (SSSR count). The van der Waals surface area contributed by atoms with Gasteiger partial charge in [0, 0.05) is 37.6 Å². The Kier molecular flexibility index (Phi) is 7.11. The molecule has 0 unspecified atom stereocenters. The Morgan fingerprint density at radius 2 is 1.83 bits per heavy atom. The molecule has 2 aliphatic rings. The van der Waals surface area contributed by atoms with Gasteiger partial charge in [0.1, 0.15) is 0 Å². The van der Waals surface area contributed by atoms with Crippen molar-refractivity contribution >= 4 is 23.3 Å². The topological polar surface area (TPSA) is 102 Å². The second kappa shape index (κ2) is 10.1. The molecule has 0 saturated carbocycles. The summed E-state index contributed by atoms with van der Waals surface area (Å²) in [7, 11) is 0. The number of piperidine rings is 1. The number of hydrogen-bond donors (Lipinski definition) is 2. The zero-order valence-corrected chi connectivity index (χ0v) is 19.9. The van der Waals surface area contributed by atoms with Gasteiger partial charge in [0.25, 0.3) is 0 Å². The lowest BCUT2D eigenvalue weighted by atomic mass is 9.78. The number of nitrogens with zero attached hydrogens (tertiary/aromatic N) is 3. The van der Waals surface area contributed by atoms with Crippen LogP contribution in [-0.4, -0.2) is 43.0 Å². The van der Waals surface area contributed by atoms with Crippen molar-refractivity contribution in [3.8, 4) is 6.07 Å². The number of alkyl halides is 3. The number of rotatable bonds is 4. The van der Waals surface area contributed by atoms with Crippen molar-refractivity contribution in [2.45, 2.75) is 25.9 Å². The quantitative estimate of drug-likeness (QED) is 0.652. The Hall–Kier alpha value is -3.74. The van der Waals surface area contributed by atoms with Crippen molar-refractivity contribution in [1.82, 2.24) is 4.90 Å². The third-order valence-corrected chi connectivity index (χ3v) is 7.23. The number of anilines is 2. The molecule has 2 aliphatic heterocycles. The molecular formula is C26H28F3N5O2. The molecule has 0 spiro atoms. The van der Waals surface area contributed by atoms with E-state index in [1.165, 1.54) is 6.07 Å². The number of carbonyl (C=O) groups is 2. The number of halogens is 3. The minimum Gasteiger partial charge on any atom is -0.370 e. The van der Waals surface area contributed by atoms with Crippen LogP contribution in [0, 0.1) is 36.0 Å². The summed E-state index contributed by atoms with van der Waals surface area (Å²) >= 11 is 0. The van der Waals surface area contributed by atoms with Gasteiger partial charge in [-0.15, -0.1) is 0 Å². The second-order valence-corrected chi connectivity index (χ2v) is 9.54. The molecule has 190 valence electrons. The standard InChI is InChI=1S/C26H28F3N5O2/c1-16-3-2-4-19(11-16)32-25(36)33-9-7-17(8-10-33)21-14-34(15-22(21)24(31)35)20-6-5-18(13-30)23(12-20)26(27,28)29/h2-6,11-12,17,21-22H,7-10,14-15H2,1H3,(H2,31,35)(H,32,36)/t21-,22+/m0/s1. The SMILES string of the molecule is Cc1cccc(NC(=O)N2CCC([C@@H]3CN(c4ccc(C#N)c(C(F)(F)F)c4)C[C@H]3C(N)=O)CC2)c1.